The molecule has 15 heavy (non-hydrogen) atoms. The van der Waals surface area contributed by atoms with E-state index in [-0.39, 0.29) is 5.95 Å². The van der Waals surface area contributed by atoms with E-state index in [1.165, 1.54) is 31.9 Å². The van der Waals surface area contributed by atoms with Crippen molar-refractivity contribution in [1.29, 1.82) is 0 Å². The molecule has 0 unspecified atom stereocenters. The predicted octanol–water partition coefficient (Wildman–Crippen LogP) is 2.31. The lowest BCUT2D eigenvalue weighted by atomic mass is 10.1. The fourth-order valence-electron chi connectivity index (χ4n) is 1.96. The largest absolute Gasteiger partial charge is 0.368 e. The van der Waals surface area contributed by atoms with Crippen molar-refractivity contribution in [3.8, 4) is 0 Å². The zero-order valence-electron chi connectivity index (χ0n) is 8.54. The van der Waals surface area contributed by atoms with Gasteiger partial charge in [0.25, 0.3) is 0 Å². The first-order chi connectivity index (χ1) is 7.25. The maximum atomic E-state index is 5.94. The lowest BCUT2D eigenvalue weighted by Crippen LogP contribution is -2.13. The SMILES string of the molecule is Nc1ncc(Cl)c(NCC2CCCC2)n1. The van der Waals surface area contributed by atoms with Crippen LogP contribution in [0.25, 0.3) is 0 Å². The van der Waals surface area contributed by atoms with Crippen molar-refractivity contribution in [2.75, 3.05) is 17.6 Å². The van der Waals surface area contributed by atoms with E-state index in [1.54, 1.807) is 0 Å². The van der Waals surface area contributed by atoms with Crippen molar-refractivity contribution < 1.29 is 0 Å². The Morgan fingerprint density at radius 2 is 2.20 bits per heavy atom. The maximum absolute atomic E-state index is 5.94. The first-order valence-electron chi connectivity index (χ1n) is 5.27. The van der Waals surface area contributed by atoms with Crippen LogP contribution in [0.4, 0.5) is 11.8 Å². The molecule has 1 saturated carbocycles. The first kappa shape index (κ1) is 10.5. The molecule has 0 aromatic carbocycles. The molecule has 0 radical (unpaired) electrons. The number of rotatable bonds is 3. The smallest absolute Gasteiger partial charge is 0.222 e. The lowest BCUT2D eigenvalue weighted by molar-refractivity contribution is 0.579. The maximum Gasteiger partial charge on any atom is 0.222 e. The highest BCUT2D eigenvalue weighted by Crippen LogP contribution is 2.26. The van der Waals surface area contributed by atoms with Gasteiger partial charge in [0.15, 0.2) is 0 Å². The van der Waals surface area contributed by atoms with Gasteiger partial charge in [0.1, 0.15) is 10.8 Å². The van der Waals surface area contributed by atoms with Crippen molar-refractivity contribution >= 4 is 23.4 Å². The summed E-state index contributed by atoms with van der Waals surface area (Å²) < 4.78 is 0. The van der Waals surface area contributed by atoms with Gasteiger partial charge in [0.2, 0.25) is 5.95 Å². The molecule has 1 heterocycles. The molecule has 0 atom stereocenters. The second-order valence-electron chi connectivity index (χ2n) is 3.96. The molecule has 0 amide bonds. The van der Waals surface area contributed by atoms with E-state index in [9.17, 15) is 0 Å². The van der Waals surface area contributed by atoms with Gasteiger partial charge in [0.05, 0.1) is 6.20 Å². The van der Waals surface area contributed by atoms with Crippen LogP contribution in [-0.4, -0.2) is 16.5 Å². The van der Waals surface area contributed by atoms with E-state index >= 15 is 0 Å². The summed E-state index contributed by atoms with van der Waals surface area (Å²) in [6, 6.07) is 0. The van der Waals surface area contributed by atoms with Crippen molar-refractivity contribution in [2.45, 2.75) is 25.7 Å². The van der Waals surface area contributed by atoms with Gasteiger partial charge < -0.3 is 11.1 Å². The second kappa shape index (κ2) is 4.66. The Kier molecular flexibility index (Phi) is 3.26. The van der Waals surface area contributed by atoms with Crippen LogP contribution in [0.5, 0.6) is 0 Å². The average molecular weight is 227 g/mol. The molecule has 82 valence electrons. The summed E-state index contributed by atoms with van der Waals surface area (Å²) in [6.07, 6.45) is 6.80. The van der Waals surface area contributed by atoms with Gasteiger partial charge in [-0.25, -0.2) is 4.98 Å². The summed E-state index contributed by atoms with van der Waals surface area (Å²) >= 11 is 5.94. The summed E-state index contributed by atoms with van der Waals surface area (Å²) in [4.78, 5) is 7.87. The third-order valence-corrected chi connectivity index (χ3v) is 3.07. The highest BCUT2D eigenvalue weighted by molar-refractivity contribution is 6.32. The van der Waals surface area contributed by atoms with E-state index in [0.29, 0.717) is 10.8 Å². The molecule has 5 heteroatoms. The van der Waals surface area contributed by atoms with Crippen LogP contribution in [0.1, 0.15) is 25.7 Å². The predicted molar refractivity (Wildman–Crippen MR) is 61.9 cm³/mol. The molecule has 1 aromatic heterocycles. The summed E-state index contributed by atoms with van der Waals surface area (Å²) in [5, 5.41) is 3.76. The van der Waals surface area contributed by atoms with E-state index in [4.69, 9.17) is 17.3 Å². The molecule has 0 bridgehead atoms. The van der Waals surface area contributed by atoms with Gasteiger partial charge in [-0.15, -0.1) is 0 Å². The molecule has 0 saturated heterocycles. The summed E-state index contributed by atoms with van der Waals surface area (Å²) in [6.45, 7) is 0.927. The minimum atomic E-state index is 0.258. The normalized spacial score (nSPS) is 16.9. The molecule has 0 spiro atoms. The molecular formula is C10H15ClN4. The Morgan fingerprint density at radius 3 is 2.93 bits per heavy atom. The van der Waals surface area contributed by atoms with Crippen molar-refractivity contribution in [1.82, 2.24) is 9.97 Å². The standard InChI is InChI=1S/C10H15ClN4/c11-8-6-14-10(12)15-9(8)13-5-7-3-1-2-4-7/h6-7H,1-5H2,(H3,12,13,14,15). The van der Waals surface area contributed by atoms with E-state index in [1.807, 2.05) is 0 Å². The van der Waals surface area contributed by atoms with Crippen LogP contribution in [0.3, 0.4) is 0 Å². The number of halogens is 1. The number of nitrogens with zero attached hydrogens (tertiary/aromatic N) is 2. The topological polar surface area (TPSA) is 63.8 Å². The third-order valence-electron chi connectivity index (χ3n) is 2.80. The molecular weight excluding hydrogens is 212 g/mol. The molecule has 3 N–H and O–H groups in total. The van der Waals surface area contributed by atoms with Crippen molar-refractivity contribution in [3.63, 3.8) is 0 Å². The quantitative estimate of drug-likeness (QED) is 0.830. The highest BCUT2D eigenvalue weighted by Gasteiger charge is 2.15. The molecule has 1 aliphatic rings. The van der Waals surface area contributed by atoms with Gasteiger partial charge in [-0.1, -0.05) is 24.4 Å². The summed E-state index contributed by atoms with van der Waals surface area (Å²) in [5.41, 5.74) is 5.49. The molecule has 1 fully saturated rings. The fourth-order valence-corrected chi connectivity index (χ4v) is 2.12. The minimum Gasteiger partial charge on any atom is -0.368 e. The van der Waals surface area contributed by atoms with E-state index < -0.39 is 0 Å². The molecule has 0 aliphatic heterocycles. The third kappa shape index (κ3) is 2.72. The Bertz CT molecular complexity index is 336. The van der Waals surface area contributed by atoms with Crippen LogP contribution >= 0.6 is 11.6 Å². The van der Waals surface area contributed by atoms with Crippen LogP contribution in [-0.2, 0) is 0 Å². The van der Waals surface area contributed by atoms with Crippen molar-refractivity contribution in [2.24, 2.45) is 5.92 Å². The lowest BCUT2D eigenvalue weighted by Gasteiger charge is -2.11. The summed E-state index contributed by atoms with van der Waals surface area (Å²) in [7, 11) is 0. The number of aromatic nitrogens is 2. The Morgan fingerprint density at radius 1 is 1.47 bits per heavy atom. The number of nitrogens with one attached hydrogen (secondary N) is 1. The fraction of sp³-hybridized carbons (Fsp3) is 0.600. The minimum absolute atomic E-state index is 0.258. The monoisotopic (exact) mass is 226 g/mol. The molecule has 1 aliphatic carbocycles. The average Bonchev–Trinajstić information content (AvgIpc) is 2.72. The summed E-state index contributed by atoms with van der Waals surface area (Å²) in [5.74, 6) is 1.65. The van der Waals surface area contributed by atoms with Crippen LogP contribution in [0.15, 0.2) is 6.20 Å². The van der Waals surface area contributed by atoms with Gasteiger partial charge in [-0.3, -0.25) is 0 Å². The number of nitrogen functional groups attached to an aromatic ring is 1. The highest BCUT2D eigenvalue weighted by atomic mass is 35.5. The van der Waals surface area contributed by atoms with E-state index in [2.05, 4.69) is 15.3 Å². The zero-order valence-corrected chi connectivity index (χ0v) is 9.30. The number of hydrogen-bond acceptors (Lipinski definition) is 4. The number of hydrogen-bond donors (Lipinski definition) is 2. The van der Waals surface area contributed by atoms with Gasteiger partial charge in [-0.2, -0.15) is 4.98 Å². The van der Waals surface area contributed by atoms with Crippen LogP contribution < -0.4 is 11.1 Å². The second-order valence-corrected chi connectivity index (χ2v) is 4.36. The number of nitrogens with two attached hydrogens (primary N) is 1. The van der Waals surface area contributed by atoms with E-state index in [0.717, 1.165) is 12.5 Å². The molecule has 4 nitrogen and oxygen atoms in total. The first-order valence-corrected chi connectivity index (χ1v) is 5.65. The molecule has 2 rings (SSSR count). The van der Waals surface area contributed by atoms with Crippen LogP contribution in [0, 0.1) is 5.92 Å². The number of anilines is 2. The van der Waals surface area contributed by atoms with Gasteiger partial charge in [0, 0.05) is 6.54 Å². The Balaban J connectivity index is 1.94. The van der Waals surface area contributed by atoms with Crippen LogP contribution in [0.2, 0.25) is 5.02 Å². The Labute approximate surface area is 94.2 Å². The van der Waals surface area contributed by atoms with Gasteiger partial charge >= 0.3 is 0 Å². The Hall–Kier alpha value is -1.03. The molecule has 1 aromatic rings. The zero-order chi connectivity index (χ0) is 10.7. The van der Waals surface area contributed by atoms with Crippen molar-refractivity contribution in [3.05, 3.63) is 11.2 Å². The van der Waals surface area contributed by atoms with Gasteiger partial charge in [-0.05, 0) is 18.8 Å².